The third-order valence-corrected chi connectivity index (χ3v) is 2.29. The molecule has 0 amide bonds. The summed E-state index contributed by atoms with van der Waals surface area (Å²) in [7, 11) is 0. The molecule has 0 aliphatic heterocycles. The van der Waals surface area contributed by atoms with Crippen LogP contribution in [-0.2, 0) is 4.74 Å². The molecular weight excluding hydrogens is 251 g/mol. The van der Waals surface area contributed by atoms with Crippen molar-refractivity contribution in [3.8, 4) is 0 Å². The summed E-state index contributed by atoms with van der Waals surface area (Å²) in [5.74, 6) is -0.416. The molecule has 1 N–H and O–H groups in total. The topological polar surface area (TPSA) is 29.5 Å². The second-order valence-electron chi connectivity index (χ2n) is 2.84. The van der Waals surface area contributed by atoms with Crippen molar-refractivity contribution in [3.63, 3.8) is 0 Å². The van der Waals surface area contributed by atoms with Gasteiger partial charge in [0, 0.05) is 16.6 Å². The van der Waals surface area contributed by atoms with Gasteiger partial charge in [-0.1, -0.05) is 15.9 Å². The molecular formula is C10H12BrFO2. The number of halogens is 2. The van der Waals surface area contributed by atoms with Crippen molar-refractivity contribution in [2.75, 3.05) is 13.2 Å². The Morgan fingerprint density at radius 1 is 1.57 bits per heavy atom. The Balaban J connectivity index is 2.77. The maximum absolute atomic E-state index is 13.2. The van der Waals surface area contributed by atoms with Gasteiger partial charge in [0.1, 0.15) is 11.9 Å². The summed E-state index contributed by atoms with van der Waals surface area (Å²) in [5.41, 5.74) is 0.257. The summed E-state index contributed by atoms with van der Waals surface area (Å²) < 4.78 is 19.0. The van der Waals surface area contributed by atoms with Crippen molar-refractivity contribution in [3.05, 3.63) is 34.1 Å². The summed E-state index contributed by atoms with van der Waals surface area (Å²) in [4.78, 5) is 0. The molecule has 1 atom stereocenters. The number of benzene rings is 1. The van der Waals surface area contributed by atoms with Crippen LogP contribution in [0.25, 0.3) is 0 Å². The van der Waals surface area contributed by atoms with E-state index in [4.69, 9.17) is 4.74 Å². The third kappa shape index (κ3) is 3.04. The lowest BCUT2D eigenvalue weighted by Crippen LogP contribution is -2.08. The maximum atomic E-state index is 13.2. The Morgan fingerprint density at radius 2 is 2.29 bits per heavy atom. The number of aliphatic hydroxyl groups is 1. The second-order valence-corrected chi connectivity index (χ2v) is 3.76. The quantitative estimate of drug-likeness (QED) is 0.904. The van der Waals surface area contributed by atoms with Crippen LogP contribution in [0.1, 0.15) is 18.6 Å². The molecule has 0 heterocycles. The Kier molecular flexibility index (Phi) is 4.51. The van der Waals surface area contributed by atoms with E-state index < -0.39 is 11.9 Å². The van der Waals surface area contributed by atoms with Crippen LogP contribution in [0.5, 0.6) is 0 Å². The van der Waals surface area contributed by atoms with Gasteiger partial charge in [-0.25, -0.2) is 4.39 Å². The molecule has 0 bridgehead atoms. The average molecular weight is 263 g/mol. The van der Waals surface area contributed by atoms with Crippen LogP contribution in [-0.4, -0.2) is 18.3 Å². The van der Waals surface area contributed by atoms with Crippen molar-refractivity contribution in [1.29, 1.82) is 0 Å². The fraction of sp³-hybridized carbons (Fsp3) is 0.400. The number of hydrogen-bond acceptors (Lipinski definition) is 2. The lowest BCUT2D eigenvalue weighted by Gasteiger charge is -2.11. The molecule has 1 aromatic carbocycles. The lowest BCUT2D eigenvalue weighted by molar-refractivity contribution is 0.0401. The predicted molar refractivity (Wildman–Crippen MR) is 55.6 cm³/mol. The van der Waals surface area contributed by atoms with E-state index in [1.807, 2.05) is 6.92 Å². The van der Waals surface area contributed by atoms with Crippen LogP contribution in [0.15, 0.2) is 22.7 Å². The van der Waals surface area contributed by atoms with Crippen LogP contribution in [0.2, 0.25) is 0 Å². The van der Waals surface area contributed by atoms with E-state index in [2.05, 4.69) is 15.9 Å². The van der Waals surface area contributed by atoms with Crippen molar-refractivity contribution in [2.45, 2.75) is 13.0 Å². The SMILES string of the molecule is CCOCC(O)c1cc(Br)ccc1F. The molecule has 1 aromatic rings. The van der Waals surface area contributed by atoms with E-state index in [1.165, 1.54) is 6.07 Å². The van der Waals surface area contributed by atoms with E-state index >= 15 is 0 Å². The summed E-state index contributed by atoms with van der Waals surface area (Å²) in [5, 5.41) is 9.57. The maximum Gasteiger partial charge on any atom is 0.129 e. The van der Waals surface area contributed by atoms with Crippen LogP contribution in [0, 0.1) is 5.82 Å². The summed E-state index contributed by atoms with van der Waals surface area (Å²) >= 11 is 3.21. The molecule has 14 heavy (non-hydrogen) atoms. The van der Waals surface area contributed by atoms with Gasteiger partial charge < -0.3 is 9.84 Å². The van der Waals surface area contributed by atoms with Gasteiger partial charge in [0.2, 0.25) is 0 Å². The monoisotopic (exact) mass is 262 g/mol. The van der Waals surface area contributed by atoms with E-state index in [9.17, 15) is 9.50 Å². The van der Waals surface area contributed by atoms with Gasteiger partial charge in [-0.2, -0.15) is 0 Å². The molecule has 0 aromatic heterocycles. The van der Waals surface area contributed by atoms with Gasteiger partial charge in [0.25, 0.3) is 0 Å². The highest BCUT2D eigenvalue weighted by Crippen LogP contribution is 2.21. The fourth-order valence-corrected chi connectivity index (χ4v) is 1.47. The number of ether oxygens (including phenoxy) is 1. The number of aliphatic hydroxyl groups excluding tert-OH is 1. The number of rotatable bonds is 4. The first-order valence-electron chi connectivity index (χ1n) is 4.36. The van der Waals surface area contributed by atoms with Crippen molar-refractivity contribution < 1.29 is 14.2 Å². The Labute approximate surface area is 90.8 Å². The van der Waals surface area contributed by atoms with Gasteiger partial charge in [0.05, 0.1) is 6.61 Å². The molecule has 0 aliphatic carbocycles. The molecule has 78 valence electrons. The smallest absolute Gasteiger partial charge is 0.129 e. The first kappa shape index (κ1) is 11.6. The van der Waals surface area contributed by atoms with Crippen LogP contribution in [0.3, 0.4) is 0 Å². The lowest BCUT2D eigenvalue weighted by atomic mass is 10.1. The minimum atomic E-state index is -0.910. The van der Waals surface area contributed by atoms with Gasteiger partial charge in [-0.15, -0.1) is 0 Å². The minimum Gasteiger partial charge on any atom is -0.386 e. The molecule has 1 rings (SSSR count). The van der Waals surface area contributed by atoms with Gasteiger partial charge in [-0.3, -0.25) is 0 Å². The third-order valence-electron chi connectivity index (χ3n) is 1.80. The molecule has 0 fully saturated rings. The zero-order valence-electron chi connectivity index (χ0n) is 7.84. The molecule has 0 radical (unpaired) electrons. The summed E-state index contributed by atoms with van der Waals surface area (Å²) in [6.07, 6.45) is -0.910. The zero-order chi connectivity index (χ0) is 10.6. The highest BCUT2D eigenvalue weighted by Gasteiger charge is 2.12. The second kappa shape index (κ2) is 5.44. The van der Waals surface area contributed by atoms with E-state index in [1.54, 1.807) is 12.1 Å². The first-order valence-corrected chi connectivity index (χ1v) is 5.15. The molecule has 1 unspecified atom stereocenters. The molecule has 0 saturated heterocycles. The van der Waals surface area contributed by atoms with E-state index in [-0.39, 0.29) is 12.2 Å². The predicted octanol–water partition coefficient (Wildman–Crippen LogP) is 2.66. The van der Waals surface area contributed by atoms with Gasteiger partial charge >= 0.3 is 0 Å². The van der Waals surface area contributed by atoms with Crippen LogP contribution >= 0.6 is 15.9 Å². The van der Waals surface area contributed by atoms with E-state index in [0.29, 0.717) is 6.61 Å². The fourth-order valence-electron chi connectivity index (χ4n) is 1.09. The Bertz CT molecular complexity index is 304. The molecule has 2 nitrogen and oxygen atoms in total. The standard InChI is InChI=1S/C10H12BrFO2/c1-2-14-6-10(13)8-5-7(11)3-4-9(8)12/h3-5,10,13H,2,6H2,1H3. The molecule has 4 heteroatoms. The normalized spacial score (nSPS) is 12.9. The zero-order valence-corrected chi connectivity index (χ0v) is 9.42. The van der Waals surface area contributed by atoms with Crippen molar-refractivity contribution >= 4 is 15.9 Å². The minimum absolute atomic E-state index is 0.115. The molecule has 0 spiro atoms. The van der Waals surface area contributed by atoms with Crippen LogP contribution in [0.4, 0.5) is 4.39 Å². The summed E-state index contributed by atoms with van der Waals surface area (Å²) in [6, 6.07) is 4.46. The Morgan fingerprint density at radius 3 is 2.93 bits per heavy atom. The number of hydrogen-bond donors (Lipinski definition) is 1. The largest absolute Gasteiger partial charge is 0.386 e. The van der Waals surface area contributed by atoms with Crippen molar-refractivity contribution in [1.82, 2.24) is 0 Å². The van der Waals surface area contributed by atoms with Crippen molar-refractivity contribution in [2.24, 2.45) is 0 Å². The molecule has 0 saturated carbocycles. The summed E-state index contributed by atoms with van der Waals surface area (Å²) in [6.45, 7) is 2.44. The first-order chi connectivity index (χ1) is 6.65. The molecule has 0 aliphatic rings. The van der Waals surface area contributed by atoms with Gasteiger partial charge in [0.15, 0.2) is 0 Å². The van der Waals surface area contributed by atoms with Crippen LogP contribution < -0.4 is 0 Å². The highest BCUT2D eigenvalue weighted by atomic mass is 79.9. The van der Waals surface area contributed by atoms with E-state index in [0.717, 1.165) is 4.47 Å². The average Bonchev–Trinajstić information content (AvgIpc) is 2.18. The Hall–Kier alpha value is -0.450. The highest BCUT2D eigenvalue weighted by molar-refractivity contribution is 9.10. The van der Waals surface area contributed by atoms with Gasteiger partial charge in [-0.05, 0) is 25.1 Å².